The van der Waals surface area contributed by atoms with Crippen molar-refractivity contribution in [2.45, 2.75) is 38.6 Å². The highest BCUT2D eigenvalue weighted by atomic mass is 35.5. The van der Waals surface area contributed by atoms with Crippen LogP contribution in [0.25, 0.3) is 11.0 Å². The lowest BCUT2D eigenvalue weighted by Crippen LogP contribution is -2.49. The van der Waals surface area contributed by atoms with E-state index in [1.54, 1.807) is 6.07 Å². The molecule has 0 bridgehead atoms. The number of aromatic nitrogens is 1. The first kappa shape index (κ1) is 18.7. The number of halogens is 2. The molecule has 1 atom stereocenters. The van der Waals surface area contributed by atoms with Crippen LogP contribution in [0, 0.1) is 11.7 Å². The largest absolute Gasteiger partial charge is 0.356 e. The van der Waals surface area contributed by atoms with Gasteiger partial charge in [-0.05, 0) is 30.9 Å². The van der Waals surface area contributed by atoms with Crippen molar-refractivity contribution in [3.8, 4) is 0 Å². The number of nitrogens with two attached hydrogens (primary N) is 1. The number of carbonyl (C=O) groups excluding carboxylic acids is 1. The Labute approximate surface area is 146 Å². The molecule has 1 fully saturated rings. The van der Waals surface area contributed by atoms with Crippen molar-refractivity contribution in [3.05, 3.63) is 29.7 Å². The first-order chi connectivity index (χ1) is 11.0. The van der Waals surface area contributed by atoms with E-state index >= 15 is 0 Å². The van der Waals surface area contributed by atoms with Crippen molar-refractivity contribution >= 4 is 29.3 Å². The minimum absolute atomic E-state index is 0. The van der Waals surface area contributed by atoms with Crippen LogP contribution in [0.2, 0.25) is 0 Å². The van der Waals surface area contributed by atoms with Gasteiger partial charge in [0.2, 0.25) is 5.91 Å². The van der Waals surface area contributed by atoms with Crippen LogP contribution in [-0.2, 0) is 4.79 Å². The molecule has 1 amide bonds. The average molecular weight is 356 g/mol. The summed E-state index contributed by atoms with van der Waals surface area (Å²) < 4.78 is 18.5. The van der Waals surface area contributed by atoms with E-state index in [2.05, 4.69) is 5.16 Å². The molecule has 1 aliphatic rings. The molecule has 132 valence electrons. The predicted octanol–water partition coefficient (Wildman–Crippen LogP) is 3.08. The topological polar surface area (TPSA) is 72.4 Å². The van der Waals surface area contributed by atoms with E-state index in [0.717, 1.165) is 23.9 Å². The van der Waals surface area contributed by atoms with E-state index in [1.165, 1.54) is 12.1 Å². The zero-order chi connectivity index (χ0) is 16.6. The molecule has 2 heterocycles. The third kappa shape index (κ3) is 3.54. The normalized spacial score (nSPS) is 17.1. The van der Waals surface area contributed by atoms with E-state index in [-0.39, 0.29) is 36.0 Å². The fourth-order valence-corrected chi connectivity index (χ4v) is 3.09. The minimum Gasteiger partial charge on any atom is -0.356 e. The SMILES string of the molecule is CC(C)[C@H](N)C(=O)N1CCC(c2noc3cc(F)ccc23)CC1.Cl. The standard InChI is InChI=1S/C17H22FN3O2.ClH/c1-10(2)15(19)17(22)21-7-5-11(6-8-21)16-13-4-3-12(18)9-14(13)23-20-16;/h3-4,9-11,15H,5-8,19H2,1-2H3;1H/t15-;/m0./s1. The van der Waals surface area contributed by atoms with Crippen LogP contribution in [0.5, 0.6) is 0 Å². The number of piperidine rings is 1. The second kappa shape index (κ2) is 7.49. The van der Waals surface area contributed by atoms with Crippen LogP contribution in [0.3, 0.4) is 0 Å². The number of carbonyl (C=O) groups is 1. The lowest BCUT2D eigenvalue weighted by Gasteiger charge is -2.33. The van der Waals surface area contributed by atoms with E-state index in [9.17, 15) is 9.18 Å². The number of amides is 1. The second-order valence-electron chi connectivity index (χ2n) is 6.58. The molecule has 0 saturated carbocycles. The van der Waals surface area contributed by atoms with Crippen LogP contribution < -0.4 is 5.73 Å². The highest BCUT2D eigenvalue weighted by Gasteiger charge is 2.30. The summed E-state index contributed by atoms with van der Waals surface area (Å²) in [6.07, 6.45) is 1.63. The van der Waals surface area contributed by atoms with Crippen molar-refractivity contribution in [1.82, 2.24) is 10.1 Å². The van der Waals surface area contributed by atoms with Gasteiger partial charge in [-0.1, -0.05) is 19.0 Å². The summed E-state index contributed by atoms with van der Waals surface area (Å²) in [5.41, 5.74) is 7.29. The monoisotopic (exact) mass is 355 g/mol. The van der Waals surface area contributed by atoms with Gasteiger partial charge >= 0.3 is 0 Å². The number of benzene rings is 1. The Morgan fingerprint density at radius 1 is 1.38 bits per heavy atom. The lowest BCUT2D eigenvalue weighted by molar-refractivity contribution is -0.134. The molecule has 2 aromatic rings. The molecule has 0 unspecified atom stereocenters. The molecule has 3 rings (SSSR count). The summed E-state index contributed by atoms with van der Waals surface area (Å²) in [7, 11) is 0. The summed E-state index contributed by atoms with van der Waals surface area (Å²) in [5, 5.41) is 4.98. The lowest BCUT2D eigenvalue weighted by atomic mass is 9.91. The Bertz CT molecular complexity index is 711. The third-order valence-corrected chi connectivity index (χ3v) is 4.66. The fourth-order valence-electron chi connectivity index (χ4n) is 3.09. The number of rotatable bonds is 3. The summed E-state index contributed by atoms with van der Waals surface area (Å²) in [6, 6.07) is 4.04. The minimum atomic E-state index is -0.442. The van der Waals surface area contributed by atoms with E-state index in [1.807, 2.05) is 18.7 Å². The fraction of sp³-hybridized carbons (Fsp3) is 0.529. The molecular weight excluding hydrogens is 333 g/mol. The maximum Gasteiger partial charge on any atom is 0.239 e. The first-order valence-electron chi connectivity index (χ1n) is 8.06. The van der Waals surface area contributed by atoms with Gasteiger partial charge in [-0.15, -0.1) is 12.4 Å². The number of fused-ring (bicyclic) bond motifs is 1. The van der Waals surface area contributed by atoms with Gasteiger partial charge in [0, 0.05) is 30.5 Å². The van der Waals surface area contributed by atoms with Gasteiger partial charge in [-0.3, -0.25) is 4.79 Å². The quantitative estimate of drug-likeness (QED) is 0.918. The van der Waals surface area contributed by atoms with Gasteiger partial charge < -0.3 is 15.2 Å². The van der Waals surface area contributed by atoms with Crippen molar-refractivity contribution < 1.29 is 13.7 Å². The second-order valence-corrected chi connectivity index (χ2v) is 6.58. The Kier molecular flexibility index (Phi) is 5.83. The Balaban J connectivity index is 0.00000208. The molecular formula is C17H23ClFN3O2. The summed E-state index contributed by atoms with van der Waals surface area (Å²) >= 11 is 0. The summed E-state index contributed by atoms with van der Waals surface area (Å²) in [6.45, 7) is 5.24. The molecule has 2 N–H and O–H groups in total. The van der Waals surface area contributed by atoms with Gasteiger partial charge in [-0.2, -0.15) is 0 Å². The van der Waals surface area contributed by atoms with Gasteiger partial charge in [-0.25, -0.2) is 4.39 Å². The van der Waals surface area contributed by atoms with Gasteiger partial charge in [0.1, 0.15) is 5.82 Å². The molecule has 24 heavy (non-hydrogen) atoms. The highest BCUT2D eigenvalue weighted by Crippen LogP contribution is 2.33. The van der Waals surface area contributed by atoms with Crippen LogP contribution in [-0.4, -0.2) is 35.1 Å². The third-order valence-electron chi connectivity index (χ3n) is 4.66. The van der Waals surface area contributed by atoms with Crippen LogP contribution >= 0.6 is 12.4 Å². The summed E-state index contributed by atoms with van der Waals surface area (Å²) in [5.74, 6) is 0.0458. The molecule has 1 aliphatic heterocycles. The van der Waals surface area contributed by atoms with Gasteiger partial charge in [0.05, 0.1) is 11.7 Å². The molecule has 1 aromatic carbocycles. The molecule has 1 aromatic heterocycles. The number of hydrogen-bond donors (Lipinski definition) is 1. The maximum absolute atomic E-state index is 13.2. The highest BCUT2D eigenvalue weighted by molar-refractivity contribution is 5.85. The Hall–Kier alpha value is -1.66. The maximum atomic E-state index is 13.2. The van der Waals surface area contributed by atoms with Crippen LogP contribution in [0.4, 0.5) is 4.39 Å². The van der Waals surface area contributed by atoms with E-state index in [0.29, 0.717) is 18.7 Å². The molecule has 0 radical (unpaired) electrons. The zero-order valence-electron chi connectivity index (χ0n) is 13.9. The van der Waals surface area contributed by atoms with Crippen LogP contribution in [0.1, 0.15) is 38.3 Å². The molecule has 0 spiro atoms. The number of likely N-dealkylation sites (tertiary alicyclic amines) is 1. The molecule has 5 nitrogen and oxygen atoms in total. The Morgan fingerprint density at radius 3 is 2.67 bits per heavy atom. The van der Waals surface area contributed by atoms with Crippen molar-refractivity contribution in [2.24, 2.45) is 11.7 Å². The first-order valence-corrected chi connectivity index (χ1v) is 8.06. The number of nitrogens with zero attached hydrogens (tertiary/aromatic N) is 2. The van der Waals surface area contributed by atoms with E-state index in [4.69, 9.17) is 10.3 Å². The van der Waals surface area contributed by atoms with Gasteiger partial charge in [0.15, 0.2) is 5.58 Å². The molecule has 0 aliphatic carbocycles. The Morgan fingerprint density at radius 2 is 2.04 bits per heavy atom. The average Bonchev–Trinajstić information content (AvgIpc) is 2.96. The smallest absolute Gasteiger partial charge is 0.239 e. The van der Waals surface area contributed by atoms with Crippen LogP contribution in [0.15, 0.2) is 22.7 Å². The number of hydrogen-bond acceptors (Lipinski definition) is 4. The van der Waals surface area contributed by atoms with Gasteiger partial charge in [0.25, 0.3) is 0 Å². The van der Waals surface area contributed by atoms with Crippen molar-refractivity contribution in [3.63, 3.8) is 0 Å². The molecule has 7 heteroatoms. The van der Waals surface area contributed by atoms with E-state index < -0.39 is 6.04 Å². The zero-order valence-corrected chi connectivity index (χ0v) is 14.7. The predicted molar refractivity (Wildman–Crippen MR) is 92.6 cm³/mol. The van der Waals surface area contributed by atoms with Crippen molar-refractivity contribution in [1.29, 1.82) is 0 Å². The molecule has 1 saturated heterocycles. The van der Waals surface area contributed by atoms with Crippen molar-refractivity contribution in [2.75, 3.05) is 13.1 Å². The summed E-state index contributed by atoms with van der Waals surface area (Å²) in [4.78, 5) is 14.1.